The molecule has 132 valence electrons. The van der Waals surface area contributed by atoms with Gasteiger partial charge < -0.3 is 9.47 Å². The first kappa shape index (κ1) is 19.3. The van der Waals surface area contributed by atoms with Crippen LogP contribution in [0.2, 0.25) is 5.02 Å². The van der Waals surface area contributed by atoms with Crippen molar-refractivity contribution < 1.29 is 4.79 Å². The van der Waals surface area contributed by atoms with Crippen LogP contribution in [0.3, 0.4) is 0 Å². The van der Waals surface area contributed by atoms with E-state index in [1.807, 2.05) is 35.8 Å². The van der Waals surface area contributed by atoms with Crippen molar-refractivity contribution in [1.29, 1.82) is 0 Å². The molecule has 0 unspecified atom stereocenters. The molecular weight excluding hydrogens is 356 g/mol. The highest BCUT2D eigenvalue weighted by Crippen LogP contribution is 2.25. The molecule has 0 bridgehead atoms. The minimum Gasteiger partial charge on any atom is -0.335 e. The number of hydrogen-bond acceptors (Lipinski definition) is 4. The molecule has 25 heavy (non-hydrogen) atoms. The predicted octanol–water partition coefficient (Wildman–Crippen LogP) is 3.91. The summed E-state index contributed by atoms with van der Waals surface area (Å²) >= 11 is 7.32. The fourth-order valence-electron chi connectivity index (χ4n) is 2.30. The van der Waals surface area contributed by atoms with E-state index < -0.39 is 0 Å². The van der Waals surface area contributed by atoms with E-state index in [0.29, 0.717) is 30.4 Å². The maximum Gasteiger partial charge on any atom is 0.233 e. The van der Waals surface area contributed by atoms with Crippen molar-refractivity contribution in [3.05, 3.63) is 54.6 Å². The highest BCUT2D eigenvalue weighted by Gasteiger charge is 2.16. The Labute approximate surface area is 157 Å². The van der Waals surface area contributed by atoms with Crippen molar-refractivity contribution in [1.82, 2.24) is 19.7 Å². The summed E-state index contributed by atoms with van der Waals surface area (Å²) in [6.07, 6.45) is 3.42. The molecule has 7 heteroatoms. The van der Waals surface area contributed by atoms with Gasteiger partial charge >= 0.3 is 0 Å². The van der Waals surface area contributed by atoms with Crippen molar-refractivity contribution in [2.75, 3.05) is 18.8 Å². The Morgan fingerprint density at radius 2 is 1.88 bits per heavy atom. The van der Waals surface area contributed by atoms with E-state index in [-0.39, 0.29) is 5.91 Å². The average Bonchev–Trinajstić information content (AvgIpc) is 3.03. The first-order chi connectivity index (χ1) is 12.1. The second-order valence-electron chi connectivity index (χ2n) is 5.22. The lowest BCUT2D eigenvalue weighted by Gasteiger charge is -2.18. The molecule has 1 aromatic heterocycles. The Balaban J connectivity index is 2.12. The van der Waals surface area contributed by atoms with Gasteiger partial charge in [0, 0.05) is 30.2 Å². The molecular formula is C18H21ClN4OS. The number of rotatable bonds is 9. The van der Waals surface area contributed by atoms with Crippen LogP contribution < -0.4 is 0 Å². The van der Waals surface area contributed by atoms with Gasteiger partial charge in [0.2, 0.25) is 5.91 Å². The number of halogens is 1. The van der Waals surface area contributed by atoms with E-state index in [4.69, 9.17) is 11.6 Å². The number of benzene rings is 1. The minimum absolute atomic E-state index is 0.0171. The van der Waals surface area contributed by atoms with Crippen LogP contribution in [-0.4, -0.2) is 44.4 Å². The van der Waals surface area contributed by atoms with Gasteiger partial charge in [0.1, 0.15) is 0 Å². The van der Waals surface area contributed by atoms with Crippen LogP contribution in [0.4, 0.5) is 0 Å². The molecule has 0 saturated carbocycles. The molecule has 0 spiro atoms. The molecule has 1 amide bonds. The highest BCUT2D eigenvalue weighted by molar-refractivity contribution is 7.99. The number of nitrogens with zero attached hydrogens (tertiary/aromatic N) is 4. The normalized spacial score (nSPS) is 10.5. The number of hydrogen-bond donors (Lipinski definition) is 0. The van der Waals surface area contributed by atoms with Crippen LogP contribution in [0.15, 0.2) is 54.7 Å². The van der Waals surface area contributed by atoms with E-state index >= 15 is 0 Å². The van der Waals surface area contributed by atoms with Crippen molar-refractivity contribution in [3.63, 3.8) is 0 Å². The van der Waals surface area contributed by atoms with Crippen molar-refractivity contribution >= 4 is 29.3 Å². The van der Waals surface area contributed by atoms with Crippen LogP contribution in [0.1, 0.15) is 6.92 Å². The lowest BCUT2D eigenvalue weighted by atomic mass is 10.2. The van der Waals surface area contributed by atoms with Gasteiger partial charge in [0.05, 0.1) is 5.75 Å². The first-order valence-electron chi connectivity index (χ1n) is 7.92. The summed E-state index contributed by atoms with van der Waals surface area (Å²) in [7, 11) is 0. The first-order valence-corrected chi connectivity index (χ1v) is 9.28. The molecule has 0 aliphatic rings. The third-order valence-electron chi connectivity index (χ3n) is 3.51. The molecule has 1 heterocycles. The minimum atomic E-state index is 0.0171. The fraction of sp³-hybridized carbons (Fsp3) is 0.278. The molecule has 2 rings (SSSR count). The summed E-state index contributed by atoms with van der Waals surface area (Å²) in [5.41, 5.74) is 0.942. The predicted molar refractivity (Wildman–Crippen MR) is 104 cm³/mol. The molecule has 0 N–H and O–H groups in total. The lowest BCUT2D eigenvalue weighted by Crippen LogP contribution is -2.32. The summed E-state index contributed by atoms with van der Waals surface area (Å²) in [6, 6.07) is 7.47. The van der Waals surface area contributed by atoms with Crippen LogP contribution in [-0.2, 0) is 11.3 Å². The molecule has 1 aromatic carbocycles. The molecule has 0 fully saturated rings. The van der Waals surface area contributed by atoms with Gasteiger partial charge in [0.25, 0.3) is 0 Å². The van der Waals surface area contributed by atoms with Crippen LogP contribution >= 0.6 is 23.4 Å². The zero-order valence-electron chi connectivity index (χ0n) is 14.2. The molecule has 0 saturated heterocycles. The summed E-state index contributed by atoms with van der Waals surface area (Å²) < 4.78 is 1.99. The monoisotopic (exact) mass is 376 g/mol. The van der Waals surface area contributed by atoms with Crippen molar-refractivity contribution in [2.24, 2.45) is 0 Å². The smallest absolute Gasteiger partial charge is 0.233 e. The summed E-state index contributed by atoms with van der Waals surface area (Å²) in [5.74, 6) is 1.08. The van der Waals surface area contributed by atoms with Crippen LogP contribution in [0.5, 0.6) is 0 Å². The van der Waals surface area contributed by atoms with Gasteiger partial charge in [-0.1, -0.05) is 35.5 Å². The maximum atomic E-state index is 12.3. The second kappa shape index (κ2) is 9.44. The van der Waals surface area contributed by atoms with Gasteiger partial charge in [-0.15, -0.1) is 23.4 Å². The molecule has 2 aromatic rings. The third kappa shape index (κ3) is 4.96. The van der Waals surface area contributed by atoms with E-state index in [9.17, 15) is 4.79 Å². The van der Waals surface area contributed by atoms with Crippen molar-refractivity contribution in [2.45, 2.75) is 18.6 Å². The third-order valence-corrected chi connectivity index (χ3v) is 4.72. The molecule has 5 nitrogen and oxygen atoms in total. The molecule has 0 aliphatic carbocycles. The number of thioether (sulfide) groups is 1. The van der Waals surface area contributed by atoms with Gasteiger partial charge in [-0.25, -0.2) is 0 Å². The van der Waals surface area contributed by atoms with Gasteiger partial charge in [-0.05, 0) is 31.2 Å². The SMILES string of the molecule is C=CCN(CC=C)C(=O)CSc1nnc(-c2ccc(Cl)cc2)n1CC. The Morgan fingerprint density at radius 3 is 2.44 bits per heavy atom. The van der Waals surface area contributed by atoms with Gasteiger partial charge in [-0.3, -0.25) is 4.79 Å². The summed E-state index contributed by atoms with van der Waals surface area (Å²) in [4.78, 5) is 14.0. The maximum absolute atomic E-state index is 12.3. The van der Waals surface area contributed by atoms with Crippen LogP contribution in [0, 0.1) is 0 Å². The quantitative estimate of drug-likeness (QED) is 0.491. The van der Waals surface area contributed by atoms with E-state index in [1.54, 1.807) is 17.1 Å². The molecule has 0 radical (unpaired) electrons. The number of amides is 1. The Hall–Kier alpha value is -2.05. The molecule has 0 aliphatic heterocycles. The number of aromatic nitrogens is 3. The van der Waals surface area contributed by atoms with Gasteiger partial charge in [0.15, 0.2) is 11.0 Å². The van der Waals surface area contributed by atoms with Crippen LogP contribution in [0.25, 0.3) is 11.4 Å². The lowest BCUT2D eigenvalue weighted by molar-refractivity contribution is -0.127. The summed E-state index contributed by atoms with van der Waals surface area (Å²) in [5, 5.41) is 9.91. The highest BCUT2D eigenvalue weighted by atomic mass is 35.5. The van der Waals surface area contributed by atoms with E-state index in [2.05, 4.69) is 23.4 Å². The topological polar surface area (TPSA) is 51.0 Å². The zero-order valence-corrected chi connectivity index (χ0v) is 15.8. The summed E-state index contributed by atoms with van der Waals surface area (Å²) in [6.45, 7) is 11.1. The fourth-order valence-corrected chi connectivity index (χ4v) is 3.33. The zero-order chi connectivity index (χ0) is 18.2. The average molecular weight is 377 g/mol. The Kier molecular flexibility index (Phi) is 7.28. The molecule has 0 atom stereocenters. The number of carbonyl (C=O) groups excluding carboxylic acids is 1. The second-order valence-corrected chi connectivity index (χ2v) is 6.60. The van der Waals surface area contributed by atoms with Crippen molar-refractivity contribution in [3.8, 4) is 11.4 Å². The largest absolute Gasteiger partial charge is 0.335 e. The standard InChI is InChI=1S/C18H21ClN4OS/c1-4-11-22(12-5-2)16(24)13-25-18-21-20-17(23(18)6-3)14-7-9-15(19)10-8-14/h4-5,7-10H,1-2,6,11-13H2,3H3. The number of carbonyl (C=O) groups is 1. The van der Waals surface area contributed by atoms with E-state index in [0.717, 1.165) is 16.5 Å². The Morgan fingerprint density at radius 1 is 1.24 bits per heavy atom. The Bertz CT molecular complexity index is 732. The van der Waals surface area contributed by atoms with Gasteiger partial charge in [-0.2, -0.15) is 0 Å². The van der Waals surface area contributed by atoms with E-state index in [1.165, 1.54) is 11.8 Å².